The largest absolute Gasteiger partial charge is 0.493 e. The molecular formula is C25H30FNO4. The Bertz CT molecular complexity index is 906. The van der Waals surface area contributed by atoms with Gasteiger partial charge in [0.05, 0.1) is 26.3 Å². The van der Waals surface area contributed by atoms with E-state index in [1.54, 1.807) is 13.2 Å². The molecule has 2 fully saturated rings. The highest BCUT2D eigenvalue weighted by atomic mass is 19.1. The summed E-state index contributed by atoms with van der Waals surface area (Å²) in [6.45, 7) is 0.630. The second-order valence-corrected chi connectivity index (χ2v) is 8.89. The smallest absolute Gasteiger partial charge is 0.303 e. The number of hydrogen-bond acceptors (Lipinski definition) is 4. The number of nitrogens with zero attached hydrogens (tertiary/aromatic N) is 1. The number of benzene rings is 1. The van der Waals surface area contributed by atoms with Crippen molar-refractivity contribution in [1.29, 1.82) is 0 Å². The monoisotopic (exact) mass is 427 g/mol. The number of hydrogen-bond donors (Lipinski definition) is 1. The van der Waals surface area contributed by atoms with Crippen LogP contribution in [0.4, 0.5) is 4.39 Å². The number of aliphatic carboxylic acids is 1. The van der Waals surface area contributed by atoms with Crippen LogP contribution < -0.4 is 9.47 Å². The topological polar surface area (TPSA) is 68.7 Å². The highest BCUT2D eigenvalue weighted by molar-refractivity contribution is 5.68. The summed E-state index contributed by atoms with van der Waals surface area (Å²) in [5.41, 5.74) is 1.76. The van der Waals surface area contributed by atoms with Gasteiger partial charge in [0.25, 0.3) is 0 Å². The molecule has 166 valence electrons. The molecule has 0 aliphatic heterocycles. The van der Waals surface area contributed by atoms with Crippen molar-refractivity contribution in [2.75, 3.05) is 13.7 Å². The van der Waals surface area contributed by atoms with Gasteiger partial charge in [-0.2, -0.15) is 0 Å². The predicted molar refractivity (Wildman–Crippen MR) is 115 cm³/mol. The summed E-state index contributed by atoms with van der Waals surface area (Å²) in [5.74, 6) is 1.43. The van der Waals surface area contributed by atoms with Gasteiger partial charge in [0.2, 0.25) is 5.88 Å². The van der Waals surface area contributed by atoms with Gasteiger partial charge in [0.1, 0.15) is 11.6 Å². The molecule has 2 aromatic rings. The van der Waals surface area contributed by atoms with Gasteiger partial charge in [-0.3, -0.25) is 4.79 Å². The molecule has 1 heterocycles. The van der Waals surface area contributed by atoms with Crippen molar-refractivity contribution in [3.63, 3.8) is 0 Å². The summed E-state index contributed by atoms with van der Waals surface area (Å²) in [5, 5.41) is 9.25. The standard InChI is InChI=1S/C25H30FNO4/c1-30-24-12-22(23(26)14-27-24)18-7-5-16(6-8-18)15-31-20-4-2-3-19(11-20)21(13-25(28)29)17-9-10-17/h2-4,11-12,14,16-18,21H,5-10,13,15H2,1H3,(H,28,29)/t16-,18-,21?. The van der Waals surface area contributed by atoms with Gasteiger partial charge in [-0.1, -0.05) is 12.1 Å². The van der Waals surface area contributed by atoms with Crippen molar-refractivity contribution in [3.8, 4) is 11.6 Å². The van der Waals surface area contributed by atoms with E-state index in [1.807, 2.05) is 24.3 Å². The lowest BCUT2D eigenvalue weighted by Gasteiger charge is -2.29. The maximum absolute atomic E-state index is 14.2. The highest BCUT2D eigenvalue weighted by Gasteiger charge is 2.34. The number of rotatable bonds is 9. The first kappa shape index (κ1) is 21.6. The van der Waals surface area contributed by atoms with Gasteiger partial charge >= 0.3 is 5.97 Å². The number of halogens is 1. The third kappa shape index (κ3) is 5.54. The number of carbonyl (C=O) groups is 1. The molecule has 1 unspecified atom stereocenters. The fourth-order valence-electron chi connectivity index (χ4n) is 4.79. The van der Waals surface area contributed by atoms with Crippen LogP contribution in [0.3, 0.4) is 0 Å². The Labute approximate surface area is 182 Å². The molecule has 0 bridgehead atoms. The number of aromatic nitrogens is 1. The predicted octanol–water partition coefficient (Wildman–Crippen LogP) is 5.55. The maximum Gasteiger partial charge on any atom is 0.303 e. The average Bonchev–Trinajstić information content (AvgIpc) is 3.62. The van der Waals surface area contributed by atoms with E-state index in [0.717, 1.165) is 49.8 Å². The third-order valence-corrected chi connectivity index (χ3v) is 6.71. The van der Waals surface area contributed by atoms with E-state index in [9.17, 15) is 14.3 Å². The molecule has 0 saturated heterocycles. The Morgan fingerprint density at radius 3 is 2.65 bits per heavy atom. The number of methoxy groups -OCH3 is 1. The van der Waals surface area contributed by atoms with Gasteiger partial charge in [0, 0.05) is 6.07 Å². The molecule has 2 saturated carbocycles. The van der Waals surface area contributed by atoms with E-state index in [2.05, 4.69) is 4.98 Å². The highest BCUT2D eigenvalue weighted by Crippen LogP contribution is 2.45. The van der Waals surface area contributed by atoms with Gasteiger partial charge < -0.3 is 14.6 Å². The summed E-state index contributed by atoms with van der Waals surface area (Å²) in [4.78, 5) is 15.2. The second-order valence-electron chi connectivity index (χ2n) is 8.89. The molecule has 1 aromatic carbocycles. The molecule has 31 heavy (non-hydrogen) atoms. The summed E-state index contributed by atoms with van der Waals surface area (Å²) < 4.78 is 25.5. The van der Waals surface area contributed by atoms with Gasteiger partial charge in [-0.15, -0.1) is 0 Å². The second kappa shape index (κ2) is 9.67. The number of pyridine rings is 1. The zero-order valence-corrected chi connectivity index (χ0v) is 17.9. The molecule has 2 aliphatic rings. The molecule has 1 atom stereocenters. The van der Waals surface area contributed by atoms with Crippen molar-refractivity contribution < 1.29 is 23.8 Å². The quantitative estimate of drug-likeness (QED) is 0.568. The minimum absolute atomic E-state index is 0.0729. The summed E-state index contributed by atoms with van der Waals surface area (Å²) in [7, 11) is 1.54. The average molecular weight is 428 g/mol. The summed E-state index contributed by atoms with van der Waals surface area (Å²) in [6, 6.07) is 9.64. The lowest BCUT2D eigenvalue weighted by molar-refractivity contribution is -0.137. The SMILES string of the molecule is COc1cc([C@H]2CC[C@H](COc3cccc(C(CC(=O)O)C4CC4)c3)CC2)c(F)cn1. The van der Waals surface area contributed by atoms with Crippen LogP contribution in [0.25, 0.3) is 0 Å². The van der Waals surface area contributed by atoms with Crippen LogP contribution in [-0.2, 0) is 4.79 Å². The third-order valence-electron chi connectivity index (χ3n) is 6.71. The first-order valence-electron chi connectivity index (χ1n) is 11.2. The lowest BCUT2D eigenvalue weighted by Crippen LogP contribution is -2.20. The van der Waals surface area contributed by atoms with Gasteiger partial charge in [0.15, 0.2) is 0 Å². The Hall–Kier alpha value is -2.63. The van der Waals surface area contributed by atoms with Crippen LogP contribution in [0, 0.1) is 17.7 Å². The normalized spacial score (nSPS) is 22.0. The van der Waals surface area contributed by atoms with E-state index >= 15 is 0 Å². The van der Waals surface area contributed by atoms with E-state index in [4.69, 9.17) is 9.47 Å². The summed E-state index contributed by atoms with van der Waals surface area (Å²) >= 11 is 0. The lowest BCUT2D eigenvalue weighted by atomic mass is 9.79. The number of ether oxygens (including phenoxy) is 2. The zero-order chi connectivity index (χ0) is 21.8. The molecule has 0 spiro atoms. The number of carboxylic acids is 1. The molecule has 1 N–H and O–H groups in total. The molecule has 0 amide bonds. The van der Waals surface area contributed by atoms with Crippen LogP contribution in [0.5, 0.6) is 11.6 Å². The van der Waals surface area contributed by atoms with Crippen molar-refractivity contribution in [1.82, 2.24) is 4.98 Å². The Balaban J connectivity index is 1.31. The molecule has 5 nitrogen and oxygen atoms in total. The van der Waals surface area contributed by atoms with Crippen molar-refractivity contribution >= 4 is 5.97 Å². The van der Waals surface area contributed by atoms with Crippen LogP contribution in [0.1, 0.15) is 67.9 Å². The number of carboxylic acid groups (broad SMARTS) is 1. The molecule has 2 aliphatic carbocycles. The molecule has 0 radical (unpaired) electrons. The fraction of sp³-hybridized carbons (Fsp3) is 0.520. The van der Waals surface area contributed by atoms with E-state index in [1.165, 1.54) is 6.20 Å². The van der Waals surface area contributed by atoms with E-state index in [-0.39, 0.29) is 24.1 Å². The van der Waals surface area contributed by atoms with E-state index in [0.29, 0.717) is 29.9 Å². The van der Waals surface area contributed by atoms with Crippen LogP contribution in [0.2, 0.25) is 0 Å². The zero-order valence-electron chi connectivity index (χ0n) is 17.9. The minimum Gasteiger partial charge on any atom is -0.493 e. The van der Waals surface area contributed by atoms with Gasteiger partial charge in [-0.05, 0) is 85.5 Å². The molecule has 4 rings (SSSR count). The Morgan fingerprint density at radius 1 is 1.19 bits per heavy atom. The maximum atomic E-state index is 14.2. The van der Waals surface area contributed by atoms with Crippen molar-refractivity contribution in [2.45, 2.75) is 56.8 Å². The first-order valence-corrected chi connectivity index (χ1v) is 11.2. The molecule has 1 aromatic heterocycles. The Morgan fingerprint density at radius 2 is 1.97 bits per heavy atom. The summed E-state index contributed by atoms with van der Waals surface area (Å²) in [6.07, 6.45) is 7.44. The van der Waals surface area contributed by atoms with Crippen LogP contribution in [0.15, 0.2) is 36.5 Å². The molecular weight excluding hydrogens is 397 g/mol. The minimum atomic E-state index is -0.747. The van der Waals surface area contributed by atoms with Gasteiger partial charge in [-0.25, -0.2) is 9.37 Å². The fourth-order valence-corrected chi connectivity index (χ4v) is 4.79. The van der Waals surface area contributed by atoms with Crippen molar-refractivity contribution in [3.05, 3.63) is 53.5 Å². The van der Waals surface area contributed by atoms with E-state index < -0.39 is 5.97 Å². The first-order chi connectivity index (χ1) is 15.0. The van der Waals surface area contributed by atoms with Crippen LogP contribution >= 0.6 is 0 Å². The Kier molecular flexibility index (Phi) is 6.73. The van der Waals surface area contributed by atoms with Crippen LogP contribution in [-0.4, -0.2) is 29.8 Å². The van der Waals surface area contributed by atoms with Crippen molar-refractivity contribution in [2.24, 2.45) is 11.8 Å². The molecule has 6 heteroatoms.